The van der Waals surface area contributed by atoms with E-state index in [0.29, 0.717) is 35.0 Å². The Balaban J connectivity index is 0.784. The summed E-state index contributed by atoms with van der Waals surface area (Å²) in [6.07, 6.45) is 6.52. The van der Waals surface area contributed by atoms with Gasteiger partial charge in [-0.3, -0.25) is 34.2 Å². The first-order chi connectivity index (χ1) is 25.6. The smallest absolute Gasteiger partial charge is 0.262 e. The number of benzene rings is 2. The number of nitrogens with zero attached hydrogens (tertiary/aromatic N) is 6. The lowest BCUT2D eigenvalue weighted by atomic mass is 9.92. The van der Waals surface area contributed by atoms with Gasteiger partial charge in [-0.15, -0.1) is 0 Å². The first-order valence-corrected chi connectivity index (χ1v) is 18.7. The fraction of sp³-hybridized carbons (Fsp3) is 0.447. The van der Waals surface area contributed by atoms with Crippen molar-refractivity contribution in [2.45, 2.75) is 51.0 Å². The van der Waals surface area contributed by atoms with Crippen LogP contribution in [0.25, 0.3) is 0 Å². The standard InChI is InChI=1S/C38H42ClN9O5/c1-45-30-5-3-26(16-24(30)17-33(45)50)42-34-29(39)20-41-38(44-34)47-14-10-23(11-15-47)21-46-12-8-22(9-13-46)19-40-25-2-4-27-28(18-25)37(53)48(36(27)52)31-6-7-32(49)43-35(31)51/h2-5,16,18,20,22-23,31,40H,6-15,17,19,21H2,1H3,(H,41,42,44)(H,43,49,51). The predicted molar refractivity (Wildman–Crippen MR) is 200 cm³/mol. The molecule has 5 amide bonds. The summed E-state index contributed by atoms with van der Waals surface area (Å²) >= 11 is 6.49. The Morgan fingerprint density at radius 3 is 2.38 bits per heavy atom. The molecule has 14 nitrogen and oxygen atoms in total. The highest BCUT2D eigenvalue weighted by molar-refractivity contribution is 6.33. The molecule has 0 aliphatic carbocycles. The first-order valence-electron chi connectivity index (χ1n) is 18.4. The van der Waals surface area contributed by atoms with E-state index in [1.165, 1.54) is 0 Å². The molecule has 0 saturated carbocycles. The second kappa shape index (κ2) is 14.4. The van der Waals surface area contributed by atoms with E-state index in [2.05, 4.69) is 30.7 Å². The minimum absolute atomic E-state index is 0.0811. The highest BCUT2D eigenvalue weighted by Crippen LogP contribution is 2.34. The zero-order valence-corrected chi connectivity index (χ0v) is 30.3. The summed E-state index contributed by atoms with van der Waals surface area (Å²) in [5, 5.41) is 9.47. The average Bonchev–Trinajstić information content (AvgIpc) is 3.58. The van der Waals surface area contributed by atoms with Crippen LogP contribution in [0.2, 0.25) is 5.02 Å². The Bertz CT molecular complexity index is 1990. The van der Waals surface area contributed by atoms with E-state index in [1.807, 2.05) is 24.3 Å². The van der Waals surface area contributed by atoms with E-state index >= 15 is 0 Å². The molecule has 5 aliphatic rings. The van der Waals surface area contributed by atoms with Crippen molar-refractivity contribution in [2.24, 2.45) is 11.8 Å². The summed E-state index contributed by atoms with van der Waals surface area (Å²) in [5.74, 6) is 0.384. The lowest BCUT2D eigenvalue weighted by Gasteiger charge is -2.37. The van der Waals surface area contributed by atoms with Gasteiger partial charge in [0, 0.05) is 56.7 Å². The van der Waals surface area contributed by atoms with Gasteiger partial charge in [0.15, 0.2) is 5.82 Å². The van der Waals surface area contributed by atoms with Gasteiger partial charge >= 0.3 is 0 Å². The summed E-state index contributed by atoms with van der Waals surface area (Å²) in [4.78, 5) is 79.0. The average molecular weight is 740 g/mol. The minimum atomic E-state index is -0.970. The maximum Gasteiger partial charge on any atom is 0.262 e. The summed E-state index contributed by atoms with van der Waals surface area (Å²) in [7, 11) is 1.79. The Hall–Kier alpha value is -5.08. The number of rotatable bonds is 9. The van der Waals surface area contributed by atoms with Crippen LogP contribution < -0.4 is 25.8 Å². The molecule has 5 aliphatic heterocycles. The highest BCUT2D eigenvalue weighted by Gasteiger charge is 2.44. The molecule has 6 heterocycles. The number of amides is 5. The SMILES string of the molecule is CN1C(=O)Cc2cc(Nc3nc(N4CCC(CN5CCC(CNc6ccc7c(c6)C(=O)N(C6CCC(=O)NC6=O)C7=O)CC5)CC4)ncc3Cl)ccc21. The van der Waals surface area contributed by atoms with Gasteiger partial charge < -0.3 is 25.3 Å². The molecular weight excluding hydrogens is 698 g/mol. The van der Waals surface area contributed by atoms with Gasteiger partial charge in [0.1, 0.15) is 11.1 Å². The fourth-order valence-corrected chi connectivity index (χ4v) is 8.32. The van der Waals surface area contributed by atoms with E-state index in [0.717, 1.165) is 92.5 Å². The number of imide groups is 2. The largest absolute Gasteiger partial charge is 0.385 e. The third-order valence-electron chi connectivity index (χ3n) is 11.3. The van der Waals surface area contributed by atoms with Crippen LogP contribution in [0.5, 0.6) is 0 Å². The van der Waals surface area contributed by atoms with Crippen LogP contribution in [0.1, 0.15) is 64.8 Å². The molecule has 3 N–H and O–H groups in total. The molecule has 3 saturated heterocycles. The molecule has 2 aromatic carbocycles. The van der Waals surface area contributed by atoms with Crippen LogP contribution in [0, 0.1) is 11.8 Å². The molecule has 1 atom stereocenters. The lowest BCUT2D eigenvalue weighted by Crippen LogP contribution is -2.54. The number of likely N-dealkylation sites (N-methyl/N-ethyl adjacent to an activating group) is 1. The Morgan fingerprint density at radius 2 is 1.60 bits per heavy atom. The maximum atomic E-state index is 13.2. The van der Waals surface area contributed by atoms with Gasteiger partial charge in [-0.25, -0.2) is 4.98 Å². The third kappa shape index (κ3) is 7.05. The van der Waals surface area contributed by atoms with Gasteiger partial charge in [-0.05, 0) is 99.0 Å². The normalized spacial score (nSPS) is 21.3. The predicted octanol–water partition coefficient (Wildman–Crippen LogP) is 3.83. The Labute approximate surface area is 312 Å². The van der Waals surface area contributed by atoms with Crippen molar-refractivity contribution in [3.63, 3.8) is 0 Å². The molecule has 1 unspecified atom stereocenters. The van der Waals surface area contributed by atoms with Crippen LogP contribution in [-0.4, -0.2) is 102 Å². The maximum absolute atomic E-state index is 13.2. The number of hydrogen-bond acceptors (Lipinski definition) is 11. The van der Waals surface area contributed by atoms with Gasteiger partial charge in [0.2, 0.25) is 23.7 Å². The molecule has 8 rings (SSSR count). The van der Waals surface area contributed by atoms with Crippen molar-refractivity contribution in [1.82, 2.24) is 25.1 Å². The van der Waals surface area contributed by atoms with Crippen LogP contribution in [0.15, 0.2) is 42.6 Å². The highest BCUT2D eigenvalue weighted by atomic mass is 35.5. The molecule has 0 bridgehead atoms. The van der Waals surface area contributed by atoms with E-state index in [4.69, 9.17) is 16.6 Å². The van der Waals surface area contributed by atoms with Gasteiger partial charge in [0.05, 0.1) is 23.7 Å². The first kappa shape index (κ1) is 35.0. The quantitative estimate of drug-likeness (QED) is 0.274. The van der Waals surface area contributed by atoms with E-state index < -0.39 is 29.7 Å². The van der Waals surface area contributed by atoms with Crippen molar-refractivity contribution in [2.75, 3.05) is 66.7 Å². The van der Waals surface area contributed by atoms with Gasteiger partial charge in [0.25, 0.3) is 11.8 Å². The zero-order valence-electron chi connectivity index (χ0n) is 29.6. The van der Waals surface area contributed by atoms with Crippen molar-refractivity contribution in [3.05, 3.63) is 64.3 Å². The van der Waals surface area contributed by atoms with Crippen molar-refractivity contribution < 1.29 is 24.0 Å². The molecule has 3 aromatic rings. The number of anilines is 5. The van der Waals surface area contributed by atoms with Gasteiger partial charge in [-0.1, -0.05) is 11.6 Å². The van der Waals surface area contributed by atoms with E-state index in [-0.39, 0.29) is 29.9 Å². The number of halogens is 1. The number of likely N-dealkylation sites (tertiary alicyclic amines) is 1. The van der Waals surface area contributed by atoms with Crippen molar-refractivity contribution in [3.8, 4) is 0 Å². The number of carbonyl (C=O) groups is 5. The number of aromatic nitrogens is 2. The van der Waals surface area contributed by atoms with Gasteiger partial charge in [-0.2, -0.15) is 4.98 Å². The molecule has 1 aromatic heterocycles. The summed E-state index contributed by atoms with van der Waals surface area (Å²) in [5.41, 5.74) is 4.07. The lowest BCUT2D eigenvalue weighted by molar-refractivity contribution is -0.136. The molecule has 0 spiro atoms. The van der Waals surface area contributed by atoms with E-state index in [9.17, 15) is 24.0 Å². The Morgan fingerprint density at radius 1 is 0.868 bits per heavy atom. The molecular formula is C38H42ClN9O5. The molecule has 15 heteroatoms. The fourth-order valence-electron chi connectivity index (χ4n) is 8.18. The van der Waals surface area contributed by atoms with Crippen molar-refractivity contribution >= 4 is 70.0 Å². The molecule has 3 fully saturated rings. The number of piperidine rings is 3. The monoisotopic (exact) mass is 739 g/mol. The summed E-state index contributed by atoms with van der Waals surface area (Å²) in [6, 6.07) is 10.0. The third-order valence-corrected chi connectivity index (χ3v) is 11.6. The number of nitrogens with one attached hydrogen (secondary N) is 3. The number of hydrogen-bond donors (Lipinski definition) is 3. The van der Waals surface area contributed by atoms with Crippen LogP contribution in [0.4, 0.5) is 28.8 Å². The second-order valence-electron chi connectivity index (χ2n) is 14.7. The molecule has 276 valence electrons. The number of fused-ring (bicyclic) bond motifs is 2. The zero-order chi connectivity index (χ0) is 36.8. The minimum Gasteiger partial charge on any atom is -0.385 e. The summed E-state index contributed by atoms with van der Waals surface area (Å²) in [6.45, 7) is 5.66. The van der Waals surface area contributed by atoms with Crippen LogP contribution in [0.3, 0.4) is 0 Å². The number of carbonyl (C=O) groups excluding carboxylic acids is 5. The second-order valence-corrected chi connectivity index (χ2v) is 15.1. The molecule has 0 radical (unpaired) electrons. The van der Waals surface area contributed by atoms with E-state index in [1.54, 1.807) is 30.3 Å². The molecule has 53 heavy (non-hydrogen) atoms. The Kier molecular flexibility index (Phi) is 9.50. The topological polar surface area (TPSA) is 160 Å². The summed E-state index contributed by atoms with van der Waals surface area (Å²) < 4.78 is 0. The van der Waals surface area contributed by atoms with Crippen molar-refractivity contribution in [1.29, 1.82) is 0 Å². The van der Waals surface area contributed by atoms with Crippen LogP contribution in [-0.2, 0) is 20.8 Å². The van der Waals surface area contributed by atoms with Crippen LogP contribution >= 0.6 is 11.6 Å².